The molecule has 2 aliphatic heterocycles. The minimum Gasteiger partial charge on any atom is -0.497 e. The van der Waals surface area contributed by atoms with Gasteiger partial charge in [-0.1, -0.05) is 42.8 Å². The molecule has 2 heterocycles. The maximum absolute atomic E-state index is 13.4. The number of rotatable bonds is 6. The van der Waals surface area contributed by atoms with Crippen LogP contribution in [0.15, 0.2) is 47.6 Å². The number of ether oxygens (including phenoxy) is 1. The van der Waals surface area contributed by atoms with E-state index in [4.69, 9.17) is 9.84 Å². The van der Waals surface area contributed by atoms with Crippen molar-refractivity contribution in [3.05, 3.63) is 64.7 Å². The molecule has 6 heteroatoms. The first kappa shape index (κ1) is 22.5. The van der Waals surface area contributed by atoms with Crippen molar-refractivity contribution in [2.75, 3.05) is 46.4 Å². The minimum atomic E-state index is -0.0963. The van der Waals surface area contributed by atoms with Crippen LogP contribution in [0.4, 0.5) is 0 Å². The second kappa shape index (κ2) is 9.84. The van der Waals surface area contributed by atoms with Crippen molar-refractivity contribution in [1.29, 1.82) is 0 Å². The maximum atomic E-state index is 13.4. The first-order chi connectivity index (χ1) is 15.5. The van der Waals surface area contributed by atoms with Crippen molar-refractivity contribution in [3.8, 4) is 5.75 Å². The number of nitrogens with zero attached hydrogens (tertiary/aromatic N) is 4. The molecule has 4 rings (SSSR count). The molecule has 2 aromatic rings. The molecule has 0 bridgehead atoms. The molecule has 0 aromatic heterocycles. The van der Waals surface area contributed by atoms with Crippen molar-refractivity contribution >= 4 is 11.6 Å². The lowest BCUT2D eigenvalue weighted by Crippen LogP contribution is -2.49. The van der Waals surface area contributed by atoms with Crippen LogP contribution in [0.5, 0.6) is 5.75 Å². The molecule has 0 radical (unpaired) electrons. The van der Waals surface area contributed by atoms with Crippen molar-refractivity contribution < 1.29 is 9.53 Å². The van der Waals surface area contributed by atoms with E-state index in [1.807, 2.05) is 24.3 Å². The average Bonchev–Trinajstić information content (AvgIpc) is 3.25. The van der Waals surface area contributed by atoms with E-state index in [9.17, 15) is 4.79 Å². The summed E-state index contributed by atoms with van der Waals surface area (Å²) in [5.74, 6) is 0.879. The van der Waals surface area contributed by atoms with Crippen LogP contribution in [-0.2, 0) is 4.79 Å². The Morgan fingerprint density at radius 3 is 2.34 bits per heavy atom. The topological polar surface area (TPSA) is 48.4 Å². The van der Waals surface area contributed by atoms with Crippen LogP contribution in [-0.4, -0.2) is 72.8 Å². The van der Waals surface area contributed by atoms with Crippen LogP contribution >= 0.6 is 0 Å². The molecule has 0 N–H and O–H groups in total. The molecule has 170 valence electrons. The Balaban J connectivity index is 1.58. The number of hydrazone groups is 1. The summed E-state index contributed by atoms with van der Waals surface area (Å²) in [7, 11) is 1.67. The number of methoxy groups -OCH3 is 1. The first-order valence-electron chi connectivity index (χ1n) is 11.5. The van der Waals surface area contributed by atoms with Crippen molar-refractivity contribution in [3.63, 3.8) is 0 Å². The highest BCUT2D eigenvalue weighted by atomic mass is 16.5. The van der Waals surface area contributed by atoms with Gasteiger partial charge in [-0.3, -0.25) is 9.69 Å². The summed E-state index contributed by atoms with van der Waals surface area (Å²) in [6.45, 7) is 11.8. The zero-order chi connectivity index (χ0) is 22.7. The molecule has 0 aliphatic carbocycles. The first-order valence-corrected chi connectivity index (χ1v) is 11.5. The van der Waals surface area contributed by atoms with Gasteiger partial charge in [0.25, 0.3) is 5.91 Å². The fraction of sp³-hybridized carbons (Fsp3) is 0.462. The predicted molar refractivity (Wildman–Crippen MR) is 128 cm³/mol. The Morgan fingerprint density at radius 1 is 1.03 bits per heavy atom. The lowest BCUT2D eigenvalue weighted by molar-refractivity contribution is -0.134. The Labute approximate surface area is 191 Å². The number of hydrogen-bond acceptors (Lipinski definition) is 5. The van der Waals surface area contributed by atoms with E-state index in [0.29, 0.717) is 13.0 Å². The highest BCUT2D eigenvalue weighted by Gasteiger charge is 2.34. The van der Waals surface area contributed by atoms with E-state index < -0.39 is 0 Å². The van der Waals surface area contributed by atoms with Crippen molar-refractivity contribution in [2.45, 2.75) is 33.2 Å². The lowest BCUT2D eigenvalue weighted by Gasteiger charge is -2.34. The zero-order valence-electron chi connectivity index (χ0n) is 19.7. The Kier molecular flexibility index (Phi) is 6.92. The van der Waals surface area contributed by atoms with Gasteiger partial charge in [0.15, 0.2) is 0 Å². The molecule has 1 fully saturated rings. The molecule has 1 saturated heterocycles. The van der Waals surface area contributed by atoms with E-state index in [-0.39, 0.29) is 11.9 Å². The molecule has 0 saturated carbocycles. The fourth-order valence-electron chi connectivity index (χ4n) is 4.65. The molecule has 32 heavy (non-hydrogen) atoms. The van der Waals surface area contributed by atoms with E-state index in [1.165, 1.54) is 11.1 Å². The number of aryl methyl sites for hydroxylation is 2. The third-order valence-electron chi connectivity index (χ3n) is 6.63. The summed E-state index contributed by atoms with van der Waals surface area (Å²) in [5.41, 5.74) is 5.62. The standard InChI is InChI=1S/C26H34N4O2/c1-5-28-12-14-29(15-13-28)18-26(31)30-25(21-7-9-22(32-4)10-8-21)17-24(27-30)23-11-6-19(2)16-20(23)3/h6-11,16,25H,5,12-15,17-18H2,1-4H3/t25-/m1/s1. The highest BCUT2D eigenvalue weighted by Crippen LogP contribution is 2.34. The van der Waals surface area contributed by atoms with Gasteiger partial charge in [0.1, 0.15) is 5.75 Å². The second-order valence-electron chi connectivity index (χ2n) is 8.81. The molecular formula is C26H34N4O2. The van der Waals surface area contributed by atoms with Crippen LogP contribution in [0.3, 0.4) is 0 Å². The third-order valence-corrected chi connectivity index (χ3v) is 6.63. The number of carbonyl (C=O) groups is 1. The van der Waals surface area contributed by atoms with Gasteiger partial charge in [-0.15, -0.1) is 0 Å². The number of piperazine rings is 1. The van der Waals surface area contributed by atoms with Gasteiger partial charge in [0, 0.05) is 38.2 Å². The normalized spacial score (nSPS) is 19.8. The van der Waals surface area contributed by atoms with Gasteiger partial charge in [-0.25, -0.2) is 5.01 Å². The highest BCUT2D eigenvalue weighted by molar-refractivity contribution is 6.04. The smallest absolute Gasteiger partial charge is 0.257 e. The van der Waals surface area contributed by atoms with Crippen LogP contribution in [0, 0.1) is 13.8 Å². The van der Waals surface area contributed by atoms with Crippen LogP contribution in [0.1, 0.15) is 41.6 Å². The van der Waals surface area contributed by atoms with Gasteiger partial charge in [-0.2, -0.15) is 5.10 Å². The van der Waals surface area contributed by atoms with Crippen molar-refractivity contribution in [2.24, 2.45) is 5.10 Å². The quantitative estimate of drug-likeness (QED) is 0.697. The van der Waals surface area contributed by atoms with E-state index in [2.05, 4.69) is 48.8 Å². The minimum absolute atomic E-state index is 0.0653. The molecule has 0 unspecified atom stereocenters. The average molecular weight is 435 g/mol. The third kappa shape index (κ3) is 4.87. The summed E-state index contributed by atoms with van der Waals surface area (Å²) < 4.78 is 5.32. The Morgan fingerprint density at radius 2 is 1.72 bits per heavy atom. The molecule has 1 atom stereocenters. The summed E-state index contributed by atoms with van der Waals surface area (Å²) >= 11 is 0. The number of amides is 1. The van der Waals surface area contributed by atoms with Crippen LogP contribution in [0.25, 0.3) is 0 Å². The SMILES string of the molecule is CCN1CCN(CC(=O)N2N=C(c3ccc(C)cc3C)C[C@@H]2c2ccc(OC)cc2)CC1. The fourth-order valence-corrected chi connectivity index (χ4v) is 4.65. The van der Waals surface area contributed by atoms with E-state index in [1.54, 1.807) is 12.1 Å². The number of carbonyl (C=O) groups excluding carboxylic acids is 1. The number of likely N-dealkylation sites (N-methyl/N-ethyl adjacent to an activating group) is 1. The number of benzene rings is 2. The van der Waals surface area contributed by atoms with Crippen LogP contribution in [0.2, 0.25) is 0 Å². The summed E-state index contributed by atoms with van der Waals surface area (Å²) in [5, 5.41) is 6.60. The van der Waals surface area contributed by atoms with Gasteiger partial charge in [-0.05, 0) is 43.7 Å². The lowest BCUT2D eigenvalue weighted by atomic mass is 9.95. The molecule has 2 aromatic carbocycles. The monoisotopic (exact) mass is 434 g/mol. The van der Waals surface area contributed by atoms with E-state index >= 15 is 0 Å². The predicted octanol–water partition coefficient (Wildman–Crippen LogP) is 3.63. The Bertz CT molecular complexity index is 978. The zero-order valence-corrected chi connectivity index (χ0v) is 19.7. The molecular weight excluding hydrogens is 400 g/mol. The summed E-state index contributed by atoms with van der Waals surface area (Å²) in [6, 6.07) is 14.3. The largest absolute Gasteiger partial charge is 0.497 e. The van der Waals surface area contributed by atoms with Crippen molar-refractivity contribution in [1.82, 2.24) is 14.8 Å². The molecule has 1 amide bonds. The maximum Gasteiger partial charge on any atom is 0.257 e. The second-order valence-corrected chi connectivity index (χ2v) is 8.81. The molecule has 0 spiro atoms. The summed E-state index contributed by atoms with van der Waals surface area (Å²) in [4.78, 5) is 18.1. The Hall–Kier alpha value is -2.70. The molecule has 2 aliphatic rings. The van der Waals surface area contributed by atoms with Gasteiger partial charge in [0.05, 0.1) is 25.4 Å². The van der Waals surface area contributed by atoms with Crippen LogP contribution < -0.4 is 4.74 Å². The van der Waals surface area contributed by atoms with Gasteiger partial charge < -0.3 is 9.64 Å². The van der Waals surface area contributed by atoms with Gasteiger partial charge >= 0.3 is 0 Å². The molecule has 6 nitrogen and oxygen atoms in total. The van der Waals surface area contributed by atoms with Gasteiger partial charge in [0.2, 0.25) is 0 Å². The summed E-state index contributed by atoms with van der Waals surface area (Å²) in [6.07, 6.45) is 0.714. The van der Waals surface area contributed by atoms with E-state index in [0.717, 1.165) is 55.3 Å². The number of hydrogen-bond donors (Lipinski definition) is 0.